The topological polar surface area (TPSA) is 76.7 Å². The van der Waals surface area contributed by atoms with Gasteiger partial charge in [-0.3, -0.25) is 9.20 Å². The molecule has 0 saturated heterocycles. The second-order valence-electron chi connectivity index (χ2n) is 4.60. The highest BCUT2D eigenvalue weighted by Gasteiger charge is 2.04. The van der Waals surface area contributed by atoms with Crippen LogP contribution in [0.25, 0.3) is 0 Å². The van der Waals surface area contributed by atoms with Crippen molar-refractivity contribution >= 4 is 58.0 Å². The van der Waals surface area contributed by atoms with Crippen LogP contribution in [0, 0.1) is 0 Å². The Bertz CT molecular complexity index is 714. The molecule has 3 N–H and O–H groups in total. The molecule has 130 valence electrons. The minimum Gasteiger partial charge on any atom is -0.495 e. The van der Waals surface area contributed by atoms with Crippen LogP contribution in [-0.4, -0.2) is 29.6 Å². The van der Waals surface area contributed by atoms with Crippen LogP contribution < -0.4 is 15.8 Å². The van der Waals surface area contributed by atoms with E-state index in [0.717, 1.165) is 4.90 Å². The lowest BCUT2D eigenvalue weighted by Crippen LogP contribution is -2.23. The summed E-state index contributed by atoms with van der Waals surface area (Å²) in [6.45, 7) is 0.365. The minimum atomic E-state index is -1.08. The number of halogens is 2. The summed E-state index contributed by atoms with van der Waals surface area (Å²) in [7, 11) is 0.470. The number of aliphatic imine (C=N–C) groups is 1. The van der Waals surface area contributed by atoms with E-state index in [1.165, 1.54) is 0 Å². The van der Waals surface area contributed by atoms with Crippen molar-refractivity contribution in [1.82, 2.24) is 0 Å². The van der Waals surface area contributed by atoms with Gasteiger partial charge in [-0.2, -0.15) is 0 Å². The van der Waals surface area contributed by atoms with E-state index in [1.54, 1.807) is 25.3 Å². The van der Waals surface area contributed by atoms with E-state index < -0.39 is 10.8 Å². The number of nitrogens with zero attached hydrogens (tertiary/aromatic N) is 1. The van der Waals surface area contributed by atoms with Gasteiger partial charge in [0, 0.05) is 16.3 Å². The third-order valence-electron chi connectivity index (χ3n) is 2.99. The predicted octanol–water partition coefficient (Wildman–Crippen LogP) is 3.50. The lowest BCUT2D eigenvalue weighted by atomic mass is 10.3. The number of hydrogen-bond donors (Lipinski definition) is 2. The number of guanidine groups is 1. The van der Waals surface area contributed by atoms with Gasteiger partial charge in [-0.05, 0) is 30.3 Å². The zero-order chi connectivity index (χ0) is 16.7. The number of nitrogens with one attached hydrogen (secondary N) is 1. The summed E-state index contributed by atoms with van der Waals surface area (Å²) in [5.74, 6) is 1.25. The maximum Gasteiger partial charge on any atom is 0.193 e. The van der Waals surface area contributed by atoms with Crippen molar-refractivity contribution in [1.29, 1.82) is 0 Å². The zero-order valence-corrected chi connectivity index (χ0v) is 17.0. The lowest BCUT2D eigenvalue weighted by Gasteiger charge is -2.08. The second-order valence-corrected chi connectivity index (χ2v) is 6.58. The largest absolute Gasteiger partial charge is 0.495 e. The van der Waals surface area contributed by atoms with Gasteiger partial charge in [0.05, 0.1) is 29.5 Å². The molecule has 0 saturated carbocycles. The number of nitrogens with two attached hydrogens (primary N) is 1. The standard InChI is InChI=1S/C16H18ClN3O2S.HI/c1-22-15-8-7-12(11-14(15)17)20-16(18)19-9-10-23(21)13-5-3-2-4-6-13;/h2-8,11H,9-10H2,1H3,(H3,18,19,20);1H. The monoisotopic (exact) mass is 479 g/mol. The molecule has 1 atom stereocenters. The van der Waals surface area contributed by atoms with Crippen molar-refractivity contribution in [3.8, 4) is 5.75 Å². The third kappa shape index (κ3) is 6.29. The van der Waals surface area contributed by atoms with Gasteiger partial charge >= 0.3 is 0 Å². The normalized spacial score (nSPS) is 12.2. The van der Waals surface area contributed by atoms with Crippen LogP contribution in [0.2, 0.25) is 5.02 Å². The Labute approximate surface area is 166 Å². The zero-order valence-electron chi connectivity index (χ0n) is 13.1. The molecule has 8 heteroatoms. The molecular weight excluding hydrogens is 461 g/mol. The highest BCUT2D eigenvalue weighted by molar-refractivity contribution is 14.0. The van der Waals surface area contributed by atoms with E-state index >= 15 is 0 Å². The van der Waals surface area contributed by atoms with Gasteiger partial charge in [-0.1, -0.05) is 29.8 Å². The molecule has 2 aromatic carbocycles. The third-order valence-corrected chi connectivity index (χ3v) is 4.64. The maximum atomic E-state index is 12.0. The van der Waals surface area contributed by atoms with Gasteiger partial charge in [0.25, 0.3) is 0 Å². The van der Waals surface area contributed by atoms with Crippen LogP contribution >= 0.6 is 35.6 Å². The van der Waals surface area contributed by atoms with Crippen molar-refractivity contribution in [2.24, 2.45) is 10.7 Å². The first-order valence-electron chi connectivity index (χ1n) is 6.94. The molecule has 0 aromatic heterocycles. The number of rotatable bonds is 6. The molecule has 0 radical (unpaired) electrons. The molecule has 0 heterocycles. The van der Waals surface area contributed by atoms with Gasteiger partial charge in [0.2, 0.25) is 0 Å². The van der Waals surface area contributed by atoms with Gasteiger partial charge in [0.15, 0.2) is 5.96 Å². The maximum absolute atomic E-state index is 12.0. The average Bonchev–Trinajstić information content (AvgIpc) is 2.55. The molecule has 0 spiro atoms. The van der Waals surface area contributed by atoms with Crippen LogP contribution in [0.15, 0.2) is 58.4 Å². The average molecular weight is 480 g/mol. The van der Waals surface area contributed by atoms with E-state index in [-0.39, 0.29) is 29.9 Å². The van der Waals surface area contributed by atoms with Crippen LogP contribution in [0.5, 0.6) is 5.75 Å². The van der Waals surface area contributed by atoms with Crippen molar-refractivity contribution < 1.29 is 8.95 Å². The Morgan fingerprint density at radius 1 is 1.29 bits per heavy atom. The molecule has 0 aliphatic heterocycles. The van der Waals surface area contributed by atoms with Gasteiger partial charge in [-0.15, -0.1) is 24.0 Å². The Morgan fingerprint density at radius 2 is 2.00 bits per heavy atom. The van der Waals surface area contributed by atoms with Gasteiger partial charge < -0.3 is 15.8 Å². The summed E-state index contributed by atoms with van der Waals surface area (Å²) >= 11 is 6.04. The van der Waals surface area contributed by atoms with Crippen LogP contribution in [-0.2, 0) is 10.8 Å². The lowest BCUT2D eigenvalue weighted by molar-refractivity contribution is 0.415. The minimum absolute atomic E-state index is 0. The van der Waals surface area contributed by atoms with Crippen molar-refractivity contribution in [3.05, 3.63) is 53.6 Å². The first kappa shape index (κ1) is 20.7. The molecule has 0 fully saturated rings. The summed E-state index contributed by atoms with van der Waals surface area (Å²) in [4.78, 5) is 4.96. The van der Waals surface area contributed by atoms with E-state index in [2.05, 4.69) is 10.3 Å². The summed E-state index contributed by atoms with van der Waals surface area (Å²) in [5, 5.41) is 3.42. The number of benzene rings is 2. The fraction of sp³-hybridized carbons (Fsp3) is 0.188. The smallest absolute Gasteiger partial charge is 0.193 e. The van der Waals surface area contributed by atoms with E-state index in [4.69, 9.17) is 22.1 Å². The van der Waals surface area contributed by atoms with Crippen molar-refractivity contribution in [3.63, 3.8) is 0 Å². The molecule has 1 unspecified atom stereocenters. The van der Waals surface area contributed by atoms with Gasteiger partial charge in [0.1, 0.15) is 5.75 Å². The Balaban J connectivity index is 0.00000288. The number of methoxy groups -OCH3 is 1. The van der Waals surface area contributed by atoms with E-state index in [0.29, 0.717) is 28.8 Å². The summed E-state index contributed by atoms with van der Waals surface area (Å²) in [6.07, 6.45) is 0. The first-order chi connectivity index (χ1) is 11.1. The quantitative estimate of drug-likeness (QED) is 0.378. The molecule has 5 nitrogen and oxygen atoms in total. The summed E-state index contributed by atoms with van der Waals surface area (Å²) < 4.78 is 17.1. The molecule has 0 aliphatic carbocycles. The second kappa shape index (κ2) is 10.5. The van der Waals surface area contributed by atoms with E-state index in [1.807, 2.05) is 30.3 Å². The Kier molecular flexibility index (Phi) is 9.09. The van der Waals surface area contributed by atoms with Crippen molar-refractivity contribution in [2.45, 2.75) is 4.90 Å². The van der Waals surface area contributed by atoms with Gasteiger partial charge in [-0.25, -0.2) is 0 Å². The highest BCUT2D eigenvalue weighted by Crippen LogP contribution is 2.26. The fourth-order valence-corrected chi connectivity index (χ4v) is 3.08. The molecular formula is C16H19ClIN3O2S. The SMILES string of the molecule is COc1ccc(NC(N)=NCCS(=O)c2ccccc2)cc1Cl.I. The molecule has 2 aromatic rings. The molecule has 2 rings (SSSR count). The molecule has 24 heavy (non-hydrogen) atoms. The first-order valence-corrected chi connectivity index (χ1v) is 8.63. The Morgan fingerprint density at radius 3 is 2.62 bits per heavy atom. The van der Waals surface area contributed by atoms with Crippen LogP contribution in [0.4, 0.5) is 5.69 Å². The highest BCUT2D eigenvalue weighted by atomic mass is 127. The summed E-state index contributed by atoms with van der Waals surface area (Å²) in [6, 6.07) is 14.5. The van der Waals surface area contributed by atoms with Crippen LogP contribution in [0.3, 0.4) is 0 Å². The number of anilines is 1. The molecule has 0 amide bonds. The number of ether oxygens (including phenoxy) is 1. The molecule has 0 bridgehead atoms. The summed E-state index contributed by atoms with van der Waals surface area (Å²) in [5.41, 5.74) is 6.53. The van der Waals surface area contributed by atoms with E-state index in [9.17, 15) is 4.21 Å². The van der Waals surface area contributed by atoms with Crippen LogP contribution in [0.1, 0.15) is 0 Å². The Hall–Kier alpha value is -1.32. The predicted molar refractivity (Wildman–Crippen MR) is 111 cm³/mol. The fourth-order valence-electron chi connectivity index (χ4n) is 1.87. The molecule has 0 aliphatic rings. The number of hydrogen-bond acceptors (Lipinski definition) is 3. The van der Waals surface area contributed by atoms with Crippen molar-refractivity contribution in [2.75, 3.05) is 24.7 Å².